The number of nitrogens with zero attached hydrogens (tertiary/aromatic N) is 3. The number of hydrogen-bond acceptors (Lipinski definition) is 3. The third kappa shape index (κ3) is 7.31. The highest BCUT2D eigenvalue weighted by Gasteiger charge is 2.47. The first-order valence-electron chi connectivity index (χ1n) is 25.3. The molecule has 3 nitrogen and oxygen atoms in total. The van der Waals surface area contributed by atoms with Gasteiger partial charge in [-0.25, -0.2) is 0 Å². The summed E-state index contributed by atoms with van der Waals surface area (Å²) in [7, 11) is 0. The Morgan fingerprint density at radius 2 is 0.897 bits per heavy atom. The van der Waals surface area contributed by atoms with Gasteiger partial charge in [-0.05, 0) is 175 Å². The number of rotatable bonds is 5. The van der Waals surface area contributed by atoms with Crippen molar-refractivity contribution in [1.82, 2.24) is 0 Å². The van der Waals surface area contributed by atoms with Crippen LogP contribution >= 0.6 is 0 Å². The third-order valence-electron chi connectivity index (χ3n) is 15.6. The second-order valence-electron chi connectivity index (χ2n) is 25.4. The Morgan fingerprint density at radius 3 is 1.37 bits per heavy atom. The lowest BCUT2D eigenvalue weighted by Gasteiger charge is -2.47. The predicted octanol–water partition coefficient (Wildman–Crippen LogP) is 15.4. The van der Waals surface area contributed by atoms with E-state index in [1.165, 1.54) is 95.1 Å². The van der Waals surface area contributed by atoms with Crippen molar-refractivity contribution in [3.05, 3.63) is 178 Å². The summed E-state index contributed by atoms with van der Waals surface area (Å²) < 4.78 is 0. The molecule has 7 aromatic carbocycles. The quantitative estimate of drug-likeness (QED) is 0.159. The number of benzene rings is 7. The van der Waals surface area contributed by atoms with Gasteiger partial charge in [0, 0.05) is 51.2 Å². The van der Waals surface area contributed by atoms with Crippen LogP contribution in [0.15, 0.2) is 140 Å². The summed E-state index contributed by atoms with van der Waals surface area (Å²) in [5.74, 6) is 0. The van der Waals surface area contributed by atoms with Crippen molar-refractivity contribution < 1.29 is 0 Å². The molecule has 2 aliphatic carbocycles. The summed E-state index contributed by atoms with van der Waals surface area (Å²) in [6.45, 7) is 31.2. The Hall–Kier alpha value is -6.00. The molecule has 4 heteroatoms. The van der Waals surface area contributed by atoms with E-state index in [4.69, 9.17) is 0 Å². The van der Waals surface area contributed by atoms with Gasteiger partial charge in [-0.2, -0.15) is 0 Å². The Kier molecular flexibility index (Phi) is 9.98. The van der Waals surface area contributed by atoms with Crippen LogP contribution in [0.1, 0.15) is 129 Å². The molecule has 0 bridgehead atoms. The second kappa shape index (κ2) is 15.3. The largest absolute Gasteiger partial charge is 0.311 e. The monoisotopic (exact) mass is 892 g/mol. The molecule has 0 saturated carbocycles. The van der Waals surface area contributed by atoms with Gasteiger partial charge in [-0.1, -0.05) is 163 Å². The van der Waals surface area contributed by atoms with Crippen molar-refractivity contribution in [1.29, 1.82) is 0 Å². The summed E-state index contributed by atoms with van der Waals surface area (Å²) in [5.41, 5.74) is 25.5. The van der Waals surface area contributed by atoms with Gasteiger partial charge in [0.05, 0.1) is 0 Å². The van der Waals surface area contributed by atoms with Crippen LogP contribution in [0.3, 0.4) is 0 Å². The zero-order valence-corrected chi connectivity index (χ0v) is 43.0. The zero-order chi connectivity index (χ0) is 47.9. The van der Waals surface area contributed by atoms with E-state index in [1.807, 2.05) is 0 Å². The molecule has 0 fully saturated rings. The van der Waals surface area contributed by atoms with Crippen molar-refractivity contribution >= 4 is 74.3 Å². The standard InChI is InChI=1S/C64H70BN3/c1-60(2,3)43-30-31-50-55(32-43)67(52-28-20-22-41-37-63(10,11)39-47(41)52)57-33-44(61(4,5)6)34-58-59(57)65(50)51-36-54(66(45-24-16-14-17-25-45)46-26-18-15-19-27-46)49(62(7,8)9)35-56(51)68(58)53-29-21-23-42-38-64(12,13)40-48(42)53/h14-36H,37-40H2,1-13H3. The molecule has 0 radical (unpaired) electrons. The Balaban J connectivity index is 1.30. The van der Waals surface area contributed by atoms with E-state index >= 15 is 0 Å². The molecule has 2 aliphatic heterocycles. The van der Waals surface area contributed by atoms with Gasteiger partial charge in [-0.3, -0.25) is 0 Å². The van der Waals surface area contributed by atoms with E-state index in [0.29, 0.717) is 0 Å². The first kappa shape index (κ1) is 44.5. The highest BCUT2D eigenvalue weighted by Crippen LogP contribution is 2.53. The summed E-state index contributed by atoms with van der Waals surface area (Å²) in [4.78, 5) is 7.97. The number of anilines is 9. The summed E-state index contributed by atoms with van der Waals surface area (Å²) >= 11 is 0. The van der Waals surface area contributed by atoms with Gasteiger partial charge in [0.15, 0.2) is 0 Å². The molecule has 0 atom stereocenters. The first-order valence-corrected chi connectivity index (χ1v) is 25.3. The number of fused-ring (bicyclic) bond motifs is 6. The molecule has 344 valence electrons. The molecule has 0 saturated heterocycles. The van der Waals surface area contributed by atoms with Gasteiger partial charge in [0.1, 0.15) is 0 Å². The third-order valence-corrected chi connectivity index (χ3v) is 15.6. The molecule has 11 rings (SSSR count). The van der Waals surface area contributed by atoms with E-state index in [2.05, 4.69) is 244 Å². The lowest BCUT2D eigenvalue weighted by molar-refractivity contribution is 0.392. The molecular formula is C64H70BN3. The second-order valence-corrected chi connectivity index (χ2v) is 25.4. The minimum atomic E-state index is -0.193. The Labute approximate surface area is 408 Å². The topological polar surface area (TPSA) is 9.72 Å². The molecule has 0 unspecified atom stereocenters. The molecule has 0 aromatic heterocycles. The van der Waals surface area contributed by atoms with E-state index in [9.17, 15) is 0 Å². The Bertz CT molecular complexity index is 3080. The van der Waals surface area contributed by atoms with E-state index in [-0.39, 0.29) is 33.8 Å². The molecule has 4 aliphatic rings. The van der Waals surface area contributed by atoms with Crippen LogP contribution in [0.5, 0.6) is 0 Å². The summed E-state index contributed by atoms with van der Waals surface area (Å²) in [6.07, 6.45) is 4.28. The molecular weight excluding hydrogens is 822 g/mol. The van der Waals surface area contributed by atoms with Gasteiger partial charge in [0.2, 0.25) is 0 Å². The van der Waals surface area contributed by atoms with Crippen LogP contribution in [0.2, 0.25) is 0 Å². The molecule has 0 amide bonds. The smallest absolute Gasteiger partial charge is 0.252 e. The van der Waals surface area contributed by atoms with Crippen LogP contribution in [0.25, 0.3) is 0 Å². The first-order chi connectivity index (χ1) is 32.1. The van der Waals surface area contributed by atoms with Crippen molar-refractivity contribution in [2.45, 2.75) is 132 Å². The summed E-state index contributed by atoms with van der Waals surface area (Å²) in [5, 5.41) is 0. The molecule has 0 N–H and O–H groups in total. The highest BCUT2D eigenvalue weighted by atomic mass is 15.2. The number of hydrogen-bond donors (Lipinski definition) is 0. The van der Waals surface area contributed by atoms with Crippen LogP contribution in [0.4, 0.5) is 51.2 Å². The van der Waals surface area contributed by atoms with Gasteiger partial charge >= 0.3 is 0 Å². The normalized spacial score (nSPS) is 16.5. The molecule has 68 heavy (non-hydrogen) atoms. The van der Waals surface area contributed by atoms with Gasteiger partial charge in [-0.15, -0.1) is 0 Å². The average molecular weight is 892 g/mol. The fraction of sp³-hybridized carbons (Fsp3) is 0.344. The molecule has 2 heterocycles. The lowest BCUT2D eigenvalue weighted by atomic mass is 9.33. The lowest BCUT2D eigenvalue weighted by Crippen LogP contribution is -2.61. The van der Waals surface area contributed by atoms with Crippen LogP contribution in [-0.4, -0.2) is 6.71 Å². The SMILES string of the molecule is CC1(C)Cc2cccc(N3c4cc(C(C)(C)C)ccc4B4c5cc(N(c6ccccc6)c6ccccc6)c(C(C)(C)C)cc5N(c5cccc6c5CC(C)(C)C6)c5cc(C(C)(C)C)cc3c54)c2C1. The maximum absolute atomic E-state index is 2.74. The highest BCUT2D eigenvalue weighted by molar-refractivity contribution is 7.00. The van der Waals surface area contributed by atoms with Crippen molar-refractivity contribution in [2.24, 2.45) is 10.8 Å². The van der Waals surface area contributed by atoms with Crippen LogP contribution < -0.4 is 31.1 Å². The van der Waals surface area contributed by atoms with Crippen LogP contribution in [-0.2, 0) is 41.9 Å². The van der Waals surface area contributed by atoms with Crippen molar-refractivity contribution in [2.75, 3.05) is 14.7 Å². The molecule has 0 spiro atoms. The minimum Gasteiger partial charge on any atom is -0.311 e. The zero-order valence-electron chi connectivity index (χ0n) is 43.0. The summed E-state index contributed by atoms with van der Waals surface area (Å²) in [6, 6.07) is 54.2. The predicted molar refractivity (Wildman–Crippen MR) is 294 cm³/mol. The van der Waals surface area contributed by atoms with Crippen molar-refractivity contribution in [3.63, 3.8) is 0 Å². The Morgan fingerprint density at radius 1 is 0.426 bits per heavy atom. The van der Waals surface area contributed by atoms with E-state index < -0.39 is 0 Å². The van der Waals surface area contributed by atoms with Crippen LogP contribution in [0, 0.1) is 10.8 Å². The number of para-hydroxylation sites is 2. The van der Waals surface area contributed by atoms with Gasteiger partial charge < -0.3 is 14.7 Å². The maximum atomic E-state index is 2.74. The minimum absolute atomic E-state index is 0.0249. The molecule has 7 aromatic rings. The van der Waals surface area contributed by atoms with E-state index in [0.717, 1.165) is 37.1 Å². The van der Waals surface area contributed by atoms with Gasteiger partial charge in [0.25, 0.3) is 6.71 Å². The fourth-order valence-electron chi connectivity index (χ4n) is 12.3. The maximum Gasteiger partial charge on any atom is 0.252 e. The van der Waals surface area contributed by atoms with Crippen molar-refractivity contribution in [3.8, 4) is 0 Å². The average Bonchev–Trinajstić information content (AvgIpc) is 3.78. The van der Waals surface area contributed by atoms with E-state index in [1.54, 1.807) is 0 Å². The fourth-order valence-corrected chi connectivity index (χ4v) is 12.3.